The van der Waals surface area contributed by atoms with Gasteiger partial charge in [0.2, 0.25) is 0 Å². The molecule has 0 amide bonds. The molecule has 21 heavy (non-hydrogen) atoms. The van der Waals surface area contributed by atoms with E-state index in [1.54, 1.807) is 0 Å². The Labute approximate surface area is 126 Å². The fourth-order valence-electron chi connectivity index (χ4n) is 1.46. The third kappa shape index (κ3) is 7.69. The molecule has 110 valence electrons. The second-order valence-corrected chi connectivity index (χ2v) is 4.93. The number of benzene rings is 2. The summed E-state index contributed by atoms with van der Waals surface area (Å²) in [6.45, 7) is 2.55. The van der Waals surface area contributed by atoms with Gasteiger partial charge in [0, 0.05) is 13.8 Å². The average molecular weight is 302 g/mol. The monoisotopic (exact) mass is 302 g/mol. The van der Waals surface area contributed by atoms with Crippen LogP contribution in [0.25, 0.3) is 11.1 Å². The maximum absolute atomic E-state index is 10.0. The number of hydrogen-bond donors (Lipinski definition) is 0. The quantitative estimate of drug-likeness (QED) is 0.817. The van der Waals surface area contributed by atoms with Crippen molar-refractivity contribution < 1.29 is 18.4 Å². The van der Waals surface area contributed by atoms with Crippen LogP contribution in [0, 0.1) is 0 Å². The van der Waals surface area contributed by atoms with Gasteiger partial charge in [-0.1, -0.05) is 60.7 Å². The molecule has 0 bridgehead atoms. The predicted octanol–water partition coefficient (Wildman–Crippen LogP) is 2.47. The summed E-state index contributed by atoms with van der Waals surface area (Å²) in [7, 11) is -1.38. The molecule has 2 aromatic carbocycles. The Morgan fingerprint density at radius 1 is 0.714 bits per heavy atom. The van der Waals surface area contributed by atoms with Gasteiger partial charge in [0.15, 0.2) is 0 Å². The largest absolute Gasteiger partial charge is 0.490 e. The van der Waals surface area contributed by atoms with Gasteiger partial charge in [-0.15, -0.1) is 0 Å². The molecule has 0 radical (unpaired) electrons. The Hall–Kier alpha value is -2.40. The van der Waals surface area contributed by atoms with Gasteiger partial charge >= 0.3 is 10.0 Å². The molecule has 0 fully saturated rings. The minimum absolute atomic E-state index is 0.400. The second kappa shape index (κ2) is 9.49. The standard InChI is InChI=1S/C12H10.C4H8O4Si/c1-3-7-11(8-4-1)12-9-5-2-6-10-12;1-3(5)7-9-8-4(2)6/h1-10H;9H2,1-2H3. The fourth-order valence-corrected chi connectivity index (χ4v) is 1.85. The summed E-state index contributed by atoms with van der Waals surface area (Å²) in [5.74, 6) is -0.800. The molecule has 4 nitrogen and oxygen atoms in total. The van der Waals surface area contributed by atoms with Crippen LogP contribution in [-0.2, 0) is 18.4 Å². The molecule has 5 heteroatoms. The van der Waals surface area contributed by atoms with Crippen LogP contribution in [-0.4, -0.2) is 21.9 Å². The first-order chi connectivity index (χ1) is 10.1. The summed E-state index contributed by atoms with van der Waals surface area (Å²) >= 11 is 0. The summed E-state index contributed by atoms with van der Waals surface area (Å²) in [6, 6.07) is 20.8. The molecule has 2 aromatic rings. The Kier molecular flexibility index (Phi) is 7.53. The van der Waals surface area contributed by atoms with Crippen molar-refractivity contribution in [2.24, 2.45) is 0 Å². The van der Waals surface area contributed by atoms with E-state index in [4.69, 9.17) is 0 Å². The normalized spacial score (nSPS) is 9.05. The molecule has 0 aliphatic rings. The lowest BCUT2D eigenvalue weighted by molar-refractivity contribution is -0.136. The first-order valence-corrected chi connectivity index (χ1v) is 7.62. The molecule has 0 saturated carbocycles. The van der Waals surface area contributed by atoms with Gasteiger partial charge in [-0.05, 0) is 11.1 Å². The van der Waals surface area contributed by atoms with E-state index in [1.807, 2.05) is 12.1 Å². The topological polar surface area (TPSA) is 52.6 Å². The first kappa shape index (κ1) is 16.7. The van der Waals surface area contributed by atoms with E-state index in [-0.39, 0.29) is 0 Å². The van der Waals surface area contributed by atoms with Crippen LogP contribution >= 0.6 is 0 Å². The summed E-state index contributed by atoms with van der Waals surface area (Å²) in [6.07, 6.45) is 0. The second-order valence-electron chi connectivity index (χ2n) is 4.12. The van der Waals surface area contributed by atoms with Crippen LogP contribution in [0.2, 0.25) is 0 Å². The molecule has 0 saturated heterocycles. The highest BCUT2D eigenvalue weighted by Crippen LogP contribution is 2.17. The van der Waals surface area contributed by atoms with Crippen molar-refractivity contribution >= 4 is 21.9 Å². The highest BCUT2D eigenvalue weighted by atomic mass is 28.3. The Morgan fingerprint density at radius 3 is 1.33 bits per heavy atom. The molecule has 0 heterocycles. The molecular weight excluding hydrogens is 284 g/mol. The van der Waals surface area contributed by atoms with Crippen LogP contribution < -0.4 is 0 Å². The number of rotatable bonds is 3. The van der Waals surface area contributed by atoms with Crippen molar-refractivity contribution in [1.82, 2.24) is 0 Å². The van der Waals surface area contributed by atoms with Gasteiger partial charge in [-0.2, -0.15) is 0 Å². The Balaban J connectivity index is 0.000000222. The van der Waals surface area contributed by atoms with Crippen molar-refractivity contribution in [2.75, 3.05) is 0 Å². The number of carbonyl (C=O) groups excluding carboxylic acids is 2. The lowest BCUT2D eigenvalue weighted by Crippen LogP contribution is -2.11. The highest BCUT2D eigenvalue weighted by molar-refractivity contribution is 6.25. The maximum Gasteiger partial charge on any atom is 0.431 e. The van der Waals surface area contributed by atoms with Gasteiger partial charge in [0.1, 0.15) is 0 Å². The fraction of sp³-hybridized carbons (Fsp3) is 0.125. The minimum atomic E-state index is -1.38. The Bertz CT molecular complexity index is 504. The van der Waals surface area contributed by atoms with Crippen LogP contribution in [0.5, 0.6) is 0 Å². The van der Waals surface area contributed by atoms with Crippen LogP contribution in [0.3, 0.4) is 0 Å². The molecule has 0 unspecified atom stereocenters. The van der Waals surface area contributed by atoms with Crippen molar-refractivity contribution in [1.29, 1.82) is 0 Å². The first-order valence-electron chi connectivity index (χ1n) is 6.47. The maximum atomic E-state index is 10.0. The third-order valence-corrected chi connectivity index (χ3v) is 3.45. The minimum Gasteiger partial charge on any atom is -0.490 e. The van der Waals surface area contributed by atoms with Crippen LogP contribution in [0.1, 0.15) is 13.8 Å². The molecule has 0 aliphatic heterocycles. The van der Waals surface area contributed by atoms with E-state index >= 15 is 0 Å². The molecule has 0 aromatic heterocycles. The zero-order valence-electron chi connectivity index (χ0n) is 12.1. The van der Waals surface area contributed by atoms with Crippen LogP contribution in [0.4, 0.5) is 0 Å². The van der Waals surface area contributed by atoms with Crippen molar-refractivity contribution in [3.05, 3.63) is 60.7 Å². The molecular formula is C16H18O4Si. The van der Waals surface area contributed by atoms with Crippen LogP contribution in [0.15, 0.2) is 60.7 Å². The lowest BCUT2D eigenvalue weighted by Gasteiger charge is -1.99. The lowest BCUT2D eigenvalue weighted by atomic mass is 10.1. The van der Waals surface area contributed by atoms with Gasteiger partial charge in [-0.25, -0.2) is 0 Å². The summed E-state index contributed by atoms with van der Waals surface area (Å²) in [4.78, 5) is 20.1. The third-order valence-electron chi connectivity index (χ3n) is 2.41. The average Bonchev–Trinajstić information content (AvgIpc) is 2.49. The van der Waals surface area contributed by atoms with Gasteiger partial charge in [-0.3, -0.25) is 9.59 Å². The van der Waals surface area contributed by atoms with E-state index in [0.717, 1.165) is 0 Å². The molecule has 0 spiro atoms. The summed E-state index contributed by atoms with van der Waals surface area (Å²) < 4.78 is 8.82. The zero-order valence-corrected chi connectivity index (χ0v) is 13.5. The summed E-state index contributed by atoms with van der Waals surface area (Å²) in [5, 5.41) is 0. The van der Waals surface area contributed by atoms with Crippen molar-refractivity contribution in [2.45, 2.75) is 13.8 Å². The summed E-state index contributed by atoms with van der Waals surface area (Å²) in [5.41, 5.74) is 2.55. The van der Waals surface area contributed by atoms with Gasteiger partial charge in [0.25, 0.3) is 11.9 Å². The molecule has 2 rings (SSSR count). The van der Waals surface area contributed by atoms with E-state index in [9.17, 15) is 9.59 Å². The Morgan fingerprint density at radius 2 is 1.05 bits per heavy atom. The SMILES string of the molecule is CC(=O)O[SiH2]OC(C)=O.c1ccc(-c2ccccc2)cc1. The predicted molar refractivity (Wildman–Crippen MR) is 84.0 cm³/mol. The zero-order chi connectivity index (χ0) is 15.5. The molecule has 0 N–H and O–H groups in total. The van der Waals surface area contributed by atoms with Crippen molar-refractivity contribution in [3.63, 3.8) is 0 Å². The smallest absolute Gasteiger partial charge is 0.431 e. The van der Waals surface area contributed by atoms with E-state index in [0.29, 0.717) is 0 Å². The molecule has 0 atom stereocenters. The van der Waals surface area contributed by atoms with Gasteiger partial charge < -0.3 is 8.85 Å². The van der Waals surface area contributed by atoms with E-state index in [2.05, 4.69) is 57.4 Å². The van der Waals surface area contributed by atoms with E-state index < -0.39 is 21.9 Å². The van der Waals surface area contributed by atoms with Gasteiger partial charge in [0.05, 0.1) is 0 Å². The number of hydrogen-bond acceptors (Lipinski definition) is 4. The van der Waals surface area contributed by atoms with Crippen molar-refractivity contribution in [3.8, 4) is 11.1 Å². The highest BCUT2D eigenvalue weighted by Gasteiger charge is 1.95. The molecule has 0 aliphatic carbocycles. The number of carbonyl (C=O) groups is 2. The van der Waals surface area contributed by atoms with E-state index in [1.165, 1.54) is 25.0 Å².